The molecule has 6 nitrogen and oxygen atoms in total. The Kier molecular flexibility index (Phi) is 4.63. The molecule has 21 heavy (non-hydrogen) atoms. The van der Waals surface area contributed by atoms with Crippen LogP contribution in [0.15, 0.2) is 4.90 Å². The molecule has 0 aromatic carbocycles. The van der Waals surface area contributed by atoms with Crippen LogP contribution < -0.4 is 0 Å². The van der Waals surface area contributed by atoms with Crippen molar-refractivity contribution in [3.8, 4) is 0 Å². The Morgan fingerprint density at radius 2 is 2.00 bits per heavy atom. The number of nitrogens with zero attached hydrogens (tertiary/aromatic N) is 3. The van der Waals surface area contributed by atoms with E-state index in [1.165, 1.54) is 4.68 Å². The van der Waals surface area contributed by atoms with E-state index in [9.17, 15) is 13.2 Å². The number of carbonyl (C=O) groups excluding carboxylic acids is 1. The lowest BCUT2D eigenvalue weighted by Crippen LogP contribution is -2.32. The molecule has 1 aliphatic carbocycles. The molecular weight excluding hydrogens is 314 g/mol. The smallest absolute Gasteiger partial charge is 0.264 e. The van der Waals surface area contributed by atoms with Gasteiger partial charge in [0.05, 0.1) is 11.4 Å². The molecule has 0 saturated heterocycles. The van der Waals surface area contributed by atoms with Gasteiger partial charge in [-0.2, -0.15) is 5.10 Å². The quantitative estimate of drug-likeness (QED) is 0.740. The zero-order valence-electron chi connectivity index (χ0n) is 12.5. The van der Waals surface area contributed by atoms with Gasteiger partial charge in [-0.05, 0) is 25.7 Å². The highest BCUT2D eigenvalue weighted by molar-refractivity contribution is 8.13. The maximum atomic E-state index is 12.2. The molecule has 1 saturated carbocycles. The number of rotatable bonds is 6. The fraction of sp³-hybridized carbons (Fsp3) is 0.692. The minimum absolute atomic E-state index is 0.0512. The van der Waals surface area contributed by atoms with Crippen LogP contribution in [0, 0.1) is 0 Å². The third-order valence-electron chi connectivity index (χ3n) is 3.76. The molecule has 1 fully saturated rings. The van der Waals surface area contributed by atoms with Gasteiger partial charge in [0.15, 0.2) is 0 Å². The van der Waals surface area contributed by atoms with Gasteiger partial charge in [0.25, 0.3) is 9.05 Å². The molecule has 0 aliphatic heterocycles. The van der Waals surface area contributed by atoms with E-state index in [1.54, 1.807) is 11.9 Å². The summed E-state index contributed by atoms with van der Waals surface area (Å²) in [4.78, 5) is 14.0. The molecule has 0 atom stereocenters. The molecule has 1 aromatic heterocycles. The summed E-state index contributed by atoms with van der Waals surface area (Å²) in [5.74, 6) is -0.0594. The summed E-state index contributed by atoms with van der Waals surface area (Å²) in [7, 11) is 3.43. The highest BCUT2D eigenvalue weighted by Gasteiger charge is 2.31. The SMILES string of the molecule is CCc1nn(CC(=O)N(C)C2CC2)c(CC)c1S(=O)(=O)Cl. The van der Waals surface area contributed by atoms with Crippen LogP contribution in [-0.4, -0.2) is 42.1 Å². The van der Waals surface area contributed by atoms with Gasteiger partial charge in [0.1, 0.15) is 11.4 Å². The standard InChI is InChI=1S/C13H20ClN3O3S/c1-4-10-13(21(14,19)20)11(5-2)17(15-10)8-12(18)16(3)9-6-7-9/h9H,4-8H2,1-3H3. The first kappa shape index (κ1) is 16.3. The van der Waals surface area contributed by atoms with E-state index in [4.69, 9.17) is 10.7 Å². The van der Waals surface area contributed by atoms with Gasteiger partial charge in [0.2, 0.25) is 5.91 Å². The lowest BCUT2D eigenvalue weighted by atomic mass is 10.2. The van der Waals surface area contributed by atoms with Crippen LogP contribution >= 0.6 is 10.7 Å². The molecule has 1 aliphatic rings. The largest absolute Gasteiger partial charge is 0.341 e. The molecule has 2 rings (SSSR count). The highest BCUT2D eigenvalue weighted by Crippen LogP contribution is 2.27. The van der Waals surface area contributed by atoms with Crippen LogP contribution in [0.1, 0.15) is 38.1 Å². The van der Waals surface area contributed by atoms with Crippen molar-refractivity contribution in [3.63, 3.8) is 0 Å². The summed E-state index contributed by atoms with van der Waals surface area (Å²) >= 11 is 0. The number of aromatic nitrogens is 2. The average Bonchev–Trinajstić information content (AvgIpc) is 3.18. The molecule has 1 heterocycles. The van der Waals surface area contributed by atoms with Gasteiger partial charge >= 0.3 is 0 Å². The minimum atomic E-state index is -3.86. The Morgan fingerprint density at radius 3 is 2.43 bits per heavy atom. The second kappa shape index (κ2) is 5.96. The Balaban J connectivity index is 2.35. The highest BCUT2D eigenvalue weighted by atomic mass is 35.7. The lowest BCUT2D eigenvalue weighted by molar-refractivity contribution is -0.131. The predicted molar refractivity (Wildman–Crippen MR) is 79.8 cm³/mol. The summed E-state index contributed by atoms with van der Waals surface area (Å²) in [5.41, 5.74) is 0.920. The van der Waals surface area contributed by atoms with Crippen LogP contribution in [0.25, 0.3) is 0 Å². The molecule has 8 heteroatoms. The van der Waals surface area contributed by atoms with Crippen molar-refractivity contribution in [2.24, 2.45) is 0 Å². The average molecular weight is 334 g/mol. The second-order valence-electron chi connectivity index (χ2n) is 5.26. The Morgan fingerprint density at radius 1 is 1.38 bits per heavy atom. The molecule has 0 bridgehead atoms. The van der Waals surface area contributed by atoms with E-state index in [0.29, 0.717) is 30.3 Å². The van der Waals surface area contributed by atoms with E-state index in [-0.39, 0.29) is 17.3 Å². The van der Waals surface area contributed by atoms with Gasteiger partial charge in [-0.3, -0.25) is 9.48 Å². The van der Waals surface area contributed by atoms with Crippen molar-refractivity contribution in [3.05, 3.63) is 11.4 Å². The number of hydrogen-bond donors (Lipinski definition) is 0. The van der Waals surface area contributed by atoms with Crippen LogP contribution in [0.4, 0.5) is 0 Å². The molecule has 118 valence electrons. The van der Waals surface area contributed by atoms with Gasteiger partial charge in [-0.25, -0.2) is 8.42 Å². The first-order chi connectivity index (χ1) is 9.79. The van der Waals surface area contributed by atoms with Crippen molar-refractivity contribution < 1.29 is 13.2 Å². The van der Waals surface area contributed by atoms with Gasteiger partial charge < -0.3 is 4.90 Å². The van der Waals surface area contributed by atoms with E-state index in [0.717, 1.165) is 12.8 Å². The maximum absolute atomic E-state index is 12.2. The number of amides is 1. The first-order valence-corrected chi connectivity index (χ1v) is 9.39. The second-order valence-corrected chi connectivity index (χ2v) is 7.76. The monoisotopic (exact) mass is 333 g/mol. The molecule has 0 unspecified atom stereocenters. The summed E-state index contributed by atoms with van der Waals surface area (Å²) in [5, 5.41) is 4.27. The molecule has 0 N–H and O–H groups in total. The van der Waals surface area contributed by atoms with Gasteiger partial charge in [0, 0.05) is 23.8 Å². The Labute approximate surface area is 129 Å². The fourth-order valence-corrected chi connectivity index (χ4v) is 3.96. The normalized spacial score (nSPS) is 15.2. The summed E-state index contributed by atoms with van der Waals surface area (Å²) in [6.45, 7) is 3.69. The predicted octanol–water partition coefficient (Wildman–Crippen LogP) is 1.56. The molecule has 0 spiro atoms. The van der Waals surface area contributed by atoms with E-state index < -0.39 is 9.05 Å². The number of likely N-dealkylation sites (N-methyl/N-ethyl adjacent to an activating group) is 1. The third kappa shape index (κ3) is 3.40. The van der Waals surface area contributed by atoms with Gasteiger partial charge in [-0.1, -0.05) is 13.8 Å². The molecule has 1 aromatic rings. The Bertz CT molecular complexity index is 650. The van der Waals surface area contributed by atoms with Crippen molar-refractivity contribution >= 4 is 25.6 Å². The fourth-order valence-electron chi connectivity index (χ4n) is 2.43. The summed E-state index contributed by atoms with van der Waals surface area (Å²) in [6.07, 6.45) is 2.97. The molecule has 1 amide bonds. The van der Waals surface area contributed by atoms with E-state index in [2.05, 4.69) is 5.10 Å². The zero-order valence-corrected chi connectivity index (χ0v) is 14.0. The first-order valence-electron chi connectivity index (χ1n) is 7.08. The number of carbonyl (C=O) groups is 1. The maximum Gasteiger partial charge on any atom is 0.264 e. The van der Waals surface area contributed by atoms with Gasteiger partial charge in [-0.15, -0.1) is 0 Å². The number of halogens is 1. The van der Waals surface area contributed by atoms with E-state index in [1.807, 2.05) is 13.8 Å². The van der Waals surface area contributed by atoms with Crippen LogP contribution in [0.5, 0.6) is 0 Å². The number of aryl methyl sites for hydroxylation is 1. The summed E-state index contributed by atoms with van der Waals surface area (Å²) < 4.78 is 25.0. The zero-order chi connectivity index (χ0) is 15.8. The van der Waals surface area contributed by atoms with Crippen LogP contribution in [0.3, 0.4) is 0 Å². The molecule has 0 radical (unpaired) electrons. The van der Waals surface area contributed by atoms with Crippen molar-refractivity contribution in [1.29, 1.82) is 0 Å². The van der Waals surface area contributed by atoms with Crippen LogP contribution in [-0.2, 0) is 33.2 Å². The minimum Gasteiger partial charge on any atom is -0.341 e. The topological polar surface area (TPSA) is 72.3 Å². The number of hydrogen-bond acceptors (Lipinski definition) is 4. The summed E-state index contributed by atoms with van der Waals surface area (Å²) in [6, 6.07) is 0.319. The van der Waals surface area contributed by atoms with Crippen molar-refractivity contribution in [1.82, 2.24) is 14.7 Å². The third-order valence-corrected chi connectivity index (χ3v) is 5.19. The van der Waals surface area contributed by atoms with Crippen molar-refractivity contribution in [2.45, 2.75) is 57.0 Å². The van der Waals surface area contributed by atoms with E-state index >= 15 is 0 Å². The van der Waals surface area contributed by atoms with Crippen molar-refractivity contribution in [2.75, 3.05) is 7.05 Å². The lowest BCUT2D eigenvalue weighted by Gasteiger charge is -2.17. The van der Waals surface area contributed by atoms with Crippen LogP contribution in [0.2, 0.25) is 0 Å². The molecular formula is C13H20ClN3O3S. The Hall–Kier alpha value is -1.08.